The lowest BCUT2D eigenvalue weighted by molar-refractivity contribution is -0.116. The van der Waals surface area contributed by atoms with Crippen molar-refractivity contribution in [3.05, 3.63) is 42.4 Å². The Labute approximate surface area is 188 Å². The second kappa shape index (κ2) is 9.61. The molecule has 0 saturated carbocycles. The summed E-state index contributed by atoms with van der Waals surface area (Å²) in [5, 5.41) is 0. The minimum Gasteiger partial charge on any atom is -0.495 e. The highest BCUT2D eigenvalue weighted by Crippen LogP contribution is 2.33. The fourth-order valence-electron chi connectivity index (χ4n) is 3.69. The third kappa shape index (κ3) is 4.82. The molecule has 0 aliphatic carbocycles. The third-order valence-electron chi connectivity index (χ3n) is 5.34. The van der Waals surface area contributed by atoms with Crippen molar-refractivity contribution in [1.82, 2.24) is 9.62 Å². The van der Waals surface area contributed by atoms with Crippen molar-refractivity contribution in [2.45, 2.75) is 31.2 Å². The largest absolute Gasteiger partial charge is 0.495 e. The summed E-state index contributed by atoms with van der Waals surface area (Å²) in [4.78, 5) is 13.9. The van der Waals surface area contributed by atoms with Crippen LogP contribution in [-0.4, -0.2) is 60.1 Å². The van der Waals surface area contributed by atoms with E-state index in [2.05, 4.69) is 4.72 Å². The number of nitrogens with zero attached hydrogens (tertiary/aromatic N) is 2. The molecule has 1 amide bonds. The summed E-state index contributed by atoms with van der Waals surface area (Å²) in [7, 11) is -6.65. The molecule has 1 fully saturated rings. The predicted octanol–water partition coefficient (Wildman–Crippen LogP) is 1.72. The van der Waals surface area contributed by atoms with Gasteiger partial charge in [0.05, 0.1) is 30.9 Å². The van der Waals surface area contributed by atoms with Gasteiger partial charge in [-0.05, 0) is 43.4 Å². The molecule has 1 saturated heterocycles. The van der Waals surface area contributed by atoms with Gasteiger partial charge in [0.15, 0.2) is 0 Å². The van der Waals surface area contributed by atoms with Gasteiger partial charge in [-0.15, -0.1) is 0 Å². The number of methoxy groups -OCH3 is 1. The Hall–Kier alpha value is -2.41. The zero-order valence-electron chi connectivity index (χ0n) is 18.1. The van der Waals surface area contributed by atoms with E-state index >= 15 is 0 Å². The molecule has 10 nitrogen and oxygen atoms in total. The first-order valence-corrected chi connectivity index (χ1v) is 13.2. The van der Waals surface area contributed by atoms with Gasteiger partial charge in [0.25, 0.3) is 0 Å². The number of nitrogens with one attached hydrogen (secondary N) is 1. The maximum absolute atomic E-state index is 13.2. The number of hydrogen-bond acceptors (Lipinski definition) is 8. The standard InChI is InChI=1S/C20H27N3O7S2/c1-4-22(5-2)16(17-7-6-11-30-17)14-21-32(27,28)19-13-15(8-9-18(19)29-3)23-20(24)10-12-31(23,25)26/h6-9,11,13,16,21H,4-5,10,12,14H2,1-3H3. The highest BCUT2D eigenvalue weighted by Gasteiger charge is 2.37. The van der Waals surface area contributed by atoms with Crippen molar-refractivity contribution in [2.24, 2.45) is 0 Å². The fraction of sp³-hybridized carbons (Fsp3) is 0.450. The smallest absolute Gasteiger partial charge is 0.244 e. The zero-order chi connectivity index (χ0) is 23.5. The lowest BCUT2D eigenvalue weighted by atomic mass is 10.2. The zero-order valence-corrected chi connectivity index (χ0v) is 19.8. The van der Waals surface area contributed by atoms with Crippen LogP contribution in [0.4, 0.5) is 5.69 Å². The third-order valence-corrected chi connectivity index (χ3v) is 8.48. The number of rotatable bonds is 10. The number of amides is 1. The van der Waals surface area contributed by atoms with Crippen molar-refractivity contribution >= 4 is 31.6 Å². The van der Waals surface area contributed by atoms with E-state index in [-0.39, 0.29) is 41.1 Å². The molecule has 1 aliphatic rings. The van der Waals surface area contributed by atoms with Gasteiger partial charge >= 0.3 is 0 Å². The van der Waals surface area contributed by atoms with Crippen molar-refractivity contribution in [3.8, 4) is 5.75 Å². The van der Waals surface area contributed by atoms with Gasteiger partial charge in [-0.3, -0.25) is 9.69 Å². The molecular formula is C20H27N3O7S2. The van der Waals surface area contributed by atoms with Crippen LogP contribution < -0.4 is 13.8 Å². The molecule has 1 aliphatic heterocycles. The number of likely N-dealkylation sites (N-methyl/N-ethyl adjacent to an activating group) is 1. The van der Waals surface area contributed by atoms with Crippen molar-refractivity contribution < 1.29 is 30.8 Å². The van der Waals surface area contributed by atoms with E-state index in [1.165, 1.54) is 25.5 Å². The monoisotopic (exact) mass is 485 g/mol. The molecular weight excluding hydrogens is 458 g/mol. The maximum Gasteiger partial charge on any atom is 0.244 e. The average Bonchev–Trinajstić information content (AvgIpc) is 3.38. The summed E-state index contributed by atoms with van der Waals surface area (Å²) in [6, 6.07) is 6.99. The number of ether oxygens (including phenoxy) is 1. The summed E-state index contributed by atoms with van der Waals surface area (Å²) in [5.41, 5.74) is -0.0417. The minimum absolute atomic E-state index is 0.0197. The quantitative estimate of drug-likeness (QED) is 0.539. The van der Waals surface area contributed by atoms with E-state index in [0.29, 0.717) is 23.2 Å². The summed E-state index contributed by atoms with van der Waals surface area (Å²) < 4.78 is 64.9. The molecule has 3 rings (SSSR count). The Kier molecular flexibility index (Phi) is 7.28. The van der Waals surface area contributed by atoms with Gasteiger partial charge in [0, 0.05) is 13.0 Å². The number of carbonyl (C=O) groups excluding carboxylic acids is 1. The van der Waals surface area contributed by atoms with Crippen LogP contribution in [0.15, 0.2) is 45.9 Å². The number of hydrogen-bond donors (Lipinski definition) is 1. The van der Waals surface area contributed by atoms with Crippen LogP contribution in [0.25, 0.3) is 0 Å². The highest BCUT2D eigenvalue weighted by molar-refractivity contribution is 7.94. The second-order valence-electron chi connectivity index (χ2n) is 7.16. The SMILES string of the molecule is CCN(CC)C(CNS(=O)(=O)c1cc(N2C(=O)CCS2(=O)=O)ccc1OC)c1ccco1. The first-order valence-electron chi connectivity index (χ1n) is 10.2. The lowest BCUT2D eigenvalue weighted by Gasteiger charge is -2.28. The molecule has 2 heterocycles. The van der Waals surface area contributed by atoms with Gasteiger partial charge in [0.1, 0.15) is 16.4 Å². The molecule has 32 heavy (non-hydrogen) atoms. The summed E-state index contributed by atoms with van der Waals surface area (Å²) in [6.07, 6.45) is 1.38. The van der Waals surface area contributed by atoms with Gasteiger partial charge < -0.3 is 9.15 Å². The van der Waals surface area contributed by atoms with E-state index in [9.17, 15) is 21.6 Å². The molecule has 0 bridgehead atoms. The maximum atomic E-state index is 13.2. The molecule has 12 heteroatoms. The fourth-order valence-corrected chi connectivity index (χ4v) is 6.37. The number of furan rings is 1. The second-order valence-corrected chi connectivity index (χ2v) is 10.8. The van der Waals surface area contributed by atoms with Crippen LogP contribution in [0.3, 0.4) is 0 Å². The molecule has 1 aromatic heterocycles. The number of carbonyl (C=O) groups is 1. The Morgan fingerprint density at radius 2 is 1.97 bits per heavy atom. The van der Waals surface area contributed by atoms with Crippen molar-refractivity contribution in [1.29, 1.82) is 0 Å². The predicted molar refractivity (Wildman–Crippen MR) is 118 cm³/mol. The molecule has 2 aromatic rings. The van der Waals surface area contributed by atoms with Crippen LogP contribution in [0.2, 0.25) is 0 Å². The molecule has 0 spiro atoms. The summed E-state index contributed by atoms with van der Waals surface area (Å²) >= 11 is 0. The molecule has 1 N–H and O–H groups in total. The van der Waals surface area contributed by atoms with Crippen LogP contribution in [0.5, 0.6) is 5.75 Å². The summed E-state index contributed by atoms with van der Waals surface area (Å²) in [6.45, 7) is 5.31. The Bertz CT molecular complexity index is 1160. The van der Waals surface area contributed by atoms with E-state index in [4.69, 9.17) is 9.15 Å². The van der Waals surface area contributed by atoms with E-state index in [1.807, 2.05) is 18.7 Å². The molecule has 1 unspecified atom stereocenters. The normalized spacial score (nSPS) is 17.1. The summed E-state index contributed by atoms with van der Waals surface area (Å²) in [5.74, 6) is -0.271. The topological polar surface area (TPSA) is 126 Å². The van der Waals surface area contributed by atoms with E-state index in [0.717, 1.165) is 6.07 Å². The van der Waals surface area contributed by atoms with Gasteiger partial charge in [-0.25, -0.2) is 25.9 Å². The average molecular weight is 486 g/mol. The first kappa shape index (κ1) is 24.2. The number of anilines is 1. The molecule has 176 valence electrons. The van der Waals surface area contributed by atoms with Crippen LogP contribution in [-0.2, 0) is 24.8 Å². The Morgan fingerprint density at radius 3 is 2.50 bits per heavy atom. The number of benzene rings is 1. The Balaban J connectivity index is 1.94. The van der Waals surface area contributed by atoms with Gasteiger partial charge in [-0.1, -0.05) is 13.8 Å². The molecule has 1 atom stereocenters. The van der Waals surface area contributed by atoms with Crippen molar-refractivity contribution in [2.75, 3.05) is 36.8 Å². The van der Waals surface area contributed by atoms with E-state index in [1.54, 1.807) is 12.1 Å². The Morgan fingerprint density at radius 1 is 1.25 bits per heavy atom. The molecule has 1 aromatic carbocycles. The van der Waals surface area contributed by atoms with Gasteiger partial charge in [0.2, 0.25) is 26.0 Å². The van der Waals surface area contributed by atoms with Crippen molar-refractivity contribution in [3.63, 3.8) is 0 Å². The highest BCUT2D eigenvalue weighted by atomic mass is 32.2. The van der Waals surface area contributed by atoms with Crippen LogP contribution in [0, 0.1) is 0 Å². The molecule has 0 radical (unpaired) electrons. The minimum atomic E-state index is -4.12. The lowest BCUT2D eigenvalue weighted by Crippen LogP contribution is -2.38. The van der Waals surface area contributed by atoms with E-state index < -0.39 is 26.0 Å². The first-order chi connectivity index (χ1) is 15.1. The van der Waals surface area contributed by atoms with Crippen LogP contribution in [0.1, 0.15) is 32.1 Å². The number of sulfonamides is 2. The van der Waals surface area contributed by atoms with Crippen LogP contribution >= 0.6 is 0 Å². The van der Waals surface area contributed by atoms with Gasteiger partial charge in [-0.2, -0.15) is 0 Å².